The lowest BCUT2D eigenvalue weighted by atomic mass is 10.1. The lowest BCUT2D eigenvalue weighted by molar-refractivity contribution is 0.100. The number of amides is 1. The summed E-state index contributed by atoms with van der Waals surface area (Å²) in [7, 11) is 0. The number of nitrogens with zero attached hydrogens (tertiary/aromatic N) is 2. The van der Waals surface area contributed by atoms with Gasteiger partial charge in [-0.05, 0) is 37.8 Å². The van der Waals surface area contributed by atoms with E-state index in [9.17, 15) is 9.18 Å². The first kappa shape index (κ1) is 15.6. The number of aromatic amines is 1. The summed E-state index contributed by atoms with van der Waals surface area (Å²) in [4.78, 5) is 23.3. The number of nitrogens with one attached hydrogen (secondary N) is 1. The van der Waals surface area contributed by atoms with E-state index in [0.717, 1.165) is 12.8 Å². The van der Waals surface area contributed by atoms with Gasteiger partial charge in [0.15, 0.2) is 0 Å². The first-order valence-corrected chi connectivity index (χ1v) is 8.10. The molecule has 1 aliphatic rings. The van der Waals surface area contributed by atoms with Gasteiger partial charge in [0.2, 0.25) is 0 Å². The van der Waals surface area contributed by atoms with Crippen molar-refractivity contribution in [2.75, 3.05) is 6.61 Å². The van der Waals surface area contributed by atoms with Crippen LogP contribution in [0.5, 0.6) is 5.75 Å². The van der Waals surface area contributed by atoms with E-state index in [1.165, 1.54) is 18.5 Å². The van der Waals surface area contributed by atoms with E-state index >= 15 is 0 Å². The molecule has 7 heteroatoms. The van der Waals surface area contributed by atoms with Gasteiger partial charge < -0.3 is 15.5 Å². The molecule has 2 aromatic heterocycles. The molecular weight excluding hydrogens is 323 g/mol. The molecule has 0 atom stereocenters. The van der Waals surface area contributed by atoms with E-state index in [4.69, 9.17) is 10.5 Å². The maximum Gasteiger partial charge on any atom is 0.252 e. The number of rotatable bonds is 5. The van der Waals surface area contributed by atoms with Gasteiger partial charge in [0, 0.05) is 17.3 Å². The van der Waals surface area contributed by atoms with Crippen LogP contribution < -0.4 is 10.5 Å². The summed E-state index contributed by atoms with van der Waals surface area (Å²) >= 11 is 0. The largest absolute Gasteiger partial charge is 0.492 e. The number of halogens is 1. The van der Waals surface area contributed by atoms with E-state index in [-0.39, 0.29) is 5.82 Å². The third kappa shape index (κ3) is 2.82. The predicted octanol–water partition coefficient (Wildman–Crippen LogP) is 2.96. The number of fused-ring (bicyclic) bond motifs is 1. The van der Waals surface area contributed by atoms with Crippen molar-refractivity contribution >= 4 is 16.9 Å². The Morgan fingerprint density at radius 3 is 2.92 bits per heavy atom. The van der Waals surface area contributed by atoms with Crippen molar-refractivity contribution in [1.82, 2.24) is 15.0 Å². The molecule has 1 saturated carbocycles. The summed E-state index contributed by atoms with van der Waals surface area (Å²) < 4.78 is 19.5. The van der Waals surface area contributed by atoms with Gasteiger partial charge >= 0.3 is 0 Å². The number of carbonyl (C=O) groups is 1. The van der Waals surface area contributed by atoms with Crippen molar-refractivity contribution in [3.63, 3.8) is 0 Å². The van der Waals surface area contributed by atoms with Crippen LogP contribution in [0.15, 0.2) is 24.5 Å². The topological polar surface area (TPSA) is 93.9 Å². The van der Waals surface area contributed by atoms with Crippen molar-refractivity contribution in [3.8, 4) is 17.0 Å². The summed E-state index contributed by atoms with van der Waals surface area (Å²) in [5.41, 5.74) is 8.63. The second-order valence-electron chi connectivity index (χ2n) is 6.33. The molecule has 4 rings (SSSR count). The van der Waals surface area contributed by atoms with Crippen LogP contribution in [0.4, 0.5) is 4.39 Å². The Bertz CT molecular complexity index is 979. The van der Waals surface area contributed by atoms with Crippen LogP contribution in [0.25, 0.3) is 22.3 Å². The Kier molecular flexibility index (Phi) is 3.63. The molecule has 0 aliphatic heterocycles. The number of H-pyrrole nitrogens is 1. The van der Waals surface area contributed by atoms with E-state index in [0.29, 0.717) is 51.8 Å². The van der Waals surface area contributed by atoms with Crippen LogP contribution in [0.3, 0.4) is 0 Å². The summed E-state index contributed by atoms with van der Waals surface area (Å²) in [6.07, 6.45) is 3.64. The highest BCUT2D eigenvalue weighted by Gasteiger charge is 2.24. The second kappa shape index (κ2) is 5.84. The van der Waals surface area contributed by atoms with Gasteiger partial charge in [0.05, 0.1) is 17.7 Å². The Morgan fingerprint density at radius 1 is 1.40 bits per heavy atom. The fourth-order valence-electron chi connectivity index (χ4n) is 2.93. The fraction of sp³-hybridized carbons (Fsp3) is 0.278. The highest BCUT2D eigenvalue weighted by molar-refractivity contribution is 6.08. The Labute approximate surface area is 143 Å². The lowest BCUT2D eigenvalue weighted by Gasteiger charge is -2.11. The molecule has 1 aromatic carbocycles. The third-order valence-electron chi connectivity index (χ3n) is 4.39. The molecule has 6 nitrogen and oxygen atoms in total. The van der Waals surface area contributed by atoms with Crippen molar-refractivity contribution in [2.45, 2.75) is 19.8 Å². The number of hydrogen-bond acceptors (Lipinski definition) is 4. The molecule has 3 aromatic rings. The summed E-state index contributed by atoms with van der Waals surface area (Å²) in [5, 5.41) is 0. The first-order valence-electron chi connectivity index (χ1n) is 8.10. The van der Waals surface area contributed by atoms with Gasteiger partial charge in [-0.25, -0.2) is 14.4 Å². The summed E-state index contributed by atoms with van der Waals surface area (Å²) in [6, 6.07) is 4.34. The van der Waals surface area contributed by atoms with Crippen LogP contribution >= 0.6 is 0 Å². The number of primary amides is 1. The van der Waals surface area contributed by atoms with Crippen molar-refractivity contribution in [3.05, 3.63) is 41.6 Å². The van der Waals surface area contributed by atoms with Crippen molar-refractivity contribution < 1.29 is 13.9 Å². The molecule has 25 heavy (non-hydrogen) atoms. The Balaban J connectivity index is 1.87. The molecule has 0 spiro atoms. The van der Waals surface area contributed by atoms with Crippen molar-refractivity contribution in [2.24, 2.45) is 11.7 Å². The highest BCUT2D eigenvalue weighted by Crippen LogP contribution is 2.36. The Hall–Kier alpha value is -2.96. The molecule has 0 unspecified atom stereocenters. The number of ether oxygens (including phenoxy) is 1. The van der Waals surface area contributed by atoms with Crippen LogP contribution in [0, 0.1) is 18.7 Å². The standard InChI is InChI=1S/C18H17FN4O2/c1-9-14(18(20)24)16-17(23-9)15(21-8-22-16)12-5-4-11(19)6-13(12)25-7-10-2-3-10/h4-6,8,10,23H,2-3,7H2,1H3,(H2,20,24). The molecular formula is C18H17FN4O2. The van der Waals surface area contributed by atoms with Crippen LogP contribution in [0.2, 0.25) is 0 Å². The molecule has 2 heterocycles. The number of benzene rings is 1. The minimum absolute atomic E-state index is 0.334. The van der Waals surface area contributed by atoms with Gasteiger partial charge in [-0.3, -0.25) is 4.79 Å². The molecule has 0 bridgehead atoms. The highest BCUT2D eigenvalue weighted by atomic mass is 19.1. The molecule has 128 valence electrons. The molecule has 3 N–H and O–H groups in total. The zero-order chi connectivity index (χ0) is 17.6. The second-order valence-corrected chi connectivity index (χ2v) is 6.33. The van der Waals surface area contributed by atoms with E-state index in [1.807, 2.05) is 0 Å². The molecule has 1 aliphatic carbocycles. The van der Waals surface area contributed by atoms with Gasteiger partial charge in [0.1, 0.15) is 29.1 Å². The number of carbonyl (C=O) groups excluding carboxylic acids is 1. The minimum atomic E-state index is -0.558. The van der Waals surface area contributed by atoms with Crippen LogP contribution in [0.1, 0.15) is 28.9 Å². The number of hydrogen-bond donors (Lipinski definition) is 2. The smallest absolute Gasteiger partial charge is 0.252 e. The fourth-order valence-corrected chi connectivity index (χ4v) is 2.93. The lowest BCUT2D eigenvalue weighted by Crippen LogP contribution is -2.12. The molecule has 1 fully saturated rings. The normalized spacial score (nSPS) is 14.0. The van der Waals surface area contributed by atoms with Crippen LogP contribution in [-0.4, -0.2) is 27.5 Å². The SMILES string of the molecule is Cc1[nH]c2c(-c3ccc(F)cc3OCC3CC3)ncnc2c1C(N)=O. The first-order chi connectivity index (χ1) is 12.0. The number of aromatic nitrogens is 3. The zero-order valence-corrected chi connectivity index (χ0v) is 13.7. The average Bonchev–Trinajstić information content (AvgIpc) is 3.33. The van der Waals surface area contributed by atoms with Gasteiger partial charge in [-0.2, -0.15) is 0 Å². The maximum atomic E-state index is 13.7. The summed E-state index contributed by atoms with van der Waals surface area (Å²) in [6.45, 7) is 2.31. The molecule has 1 amide bonds. The Morgan fingerprint density at radius 2 is 2.20 bits per heavy atom. The maximum absolute atomic E-state index is 13.7. The number of aryl methyl sites for hydroxylation is 1. The minimum Gasteiger partial charge on any atom is -0.492 e. The quantitative estimate of drug-likeness (QED) is 0.746. The van der Waals surface area contributed by atoms with E-state index in [2.05, 4.69) is 15.0 Å². The number of nitrogens with two attached hydrogens (primary N) is 1. The zero-order valence-electron chi connectivity index (χ0n) is 13.7. The predicted molar refractivity (Wildman–Crippen MR) is 90.8 cm³/mol. The average molecular weight is 340 g/mol. The van der Waals surface area contributed by atoms with Gasteiger partial charge in [-0.1, -0.05) is 0 Å². The monoisotopic (exact) mass is 340 g/mol. The van der Waals surface area contributed by atoms with E-state index in [1.54, 1.807) is 13.0 Å². The van der Waals surface area contributed by atoms with Crippen LogP contribution in [-0.2, 0) is 0 Å². The van der Waals surface area contributed by atoms with Gasteiger partial charge in [-0.15, -0.1) is 0 Å². The van der Waals surface area contributed by atoms with Crippen molar-refractivity contribution in [1.29, 1.82) is 0 Å². The molecule has 0 saturated heterocycles. The van der Waals surface area contributed by atoms with Gasteiger partial charge in [0.25, 0.3) is 5.91 Å². The summed E-state index contributed by atoms with van der Waals surface area (Å²) in [5.74, 6) is 0.0357. The molecule has 0 radical (unpaired) electrons. The van der Waals surface area contributed by atoms with E-state index < -0.39 is 5.91 Å². The third-order valence-corrected chi connectivity index (χ3v) is 4.39.